The molecule has 1 aliphatic rings. The van der Waals surface area contributed by atoms with Gasteiger partial charge in [0.15, 0.2) is 0 Å². The quantitative estimate of drug-likeness (QED) is 0.623. The smallest absolute Gasteiger partial charge is 0.105 e. The van der Waals surface area contributed by atoms with Crippen molar-refractivity contribution in [2.45, 2.75) is 50.7 Å². The maximum atomic E-state index is 5.87. The van der Waals surface area contributed by atoms with Crippen LogP contribution in [0.4, 0.5) is 0 Å². The summed E-state index contributed by atoms with van der Waals surface area (Å²) in [6.45, 7) is 2.29. The van der Waals surface area contributed by atoms with Crippen LogP contribution in [-0.2, 0) is 11.2 Å². The first-order valence-electron chi connectivity index (χ1n) is 6.74. The number of hydrogen-bond acceptors (Lipinski definition) is 4. The molecular weight excluding hydrogens is 228 g/mol. The van der Waals surface area contributed by atoms with E-state index in [9.17, 15) is 0 Å². The zero-order valence-electron chi connectivity index (χ0n) is 11.3. The van der Waals surface area contributed by atoms with E-state index in [0.717, 1.165) is 25.0 Å². The molecule has 0 aliphatic heterocycles. The number of nitrogens with two attached hydrogens (primary N) is 1. The largest absolute Gasteiger partial charge is 0.469 e. The molecule has 0 amide bonds. The second kappa shape index (κ2) is 5.87. The van der Waals surface area contributed by atoms with Crippen molar-refractivity contribution in [1.82, 2.24) is 5.43 Å². The van der Waals surface area contributed by atoms with E-state index in [4.69, 9.17) is 15.0 Å². The van der Waals surface area contributed by atoms with Crippen molar-refractivity contribution in [3.05, 3.63) is 24.2 Å². The summed E-state index contributed by atoms with van der Waals surface area (Å²) >= 11 is 0. The highest BCUT2D eigenvalue weighted by atomic mass is 16.5. The summed E-state index contributed by atoms with van der Waals surface area (Å²) in [5, 5.41) is 0. The molecule has 102 valence electrons. The Morgan fingerprint density at radius 1 is 1.67 bits per heavy atom. The number of hydrazine groups is 1. The van der Waals surface area contributed by atoms with Crippen molar-refractivity contribution >= 4 is 0 Å². The van der Waals surface area contributed by atoms with Gasteiger partial charge >= 0.3 is 0 Å². The summed E-state index contributed by atoms with van der Waals surface area (Å²) < 4.78 is 11.3. The molecule has 0 bridgehead atoms. The number of rotatable bonds is 5. The second-order valence-corrected chi connectivity index (χ2v) is 5.47. The normalized spacial score (nSPS) is 30.3. The molecule has 18 heavy (non-hydrogen) atoms. The van der Waals surface area contributed by atoms with Crippen LogP contribution in [-0.4, -0.2) is 18.8 Å². The minimum atomic E-state index is -0.167. The lowest BCUT2D eigenvalue weighted by Gasteiger charge is -2.44. The first-order chi connectivity index (χ1) is 8.70. The highest BCUT2D eigenvalue weighted by molar-refractivity contribution is 5.06. The SMILES string of the molecule is COC1(C(Cc2ccco2)NN)CCCC(C)C1. The van der Waals surface area contributed by atoms with Crippen molar-refractivity contribution in [2.24, 2.45) is 11.8 Å². The first kappa shape index (κ1) is 13.6. The van der Waals surface area contributed by atoms with E-state index >= 15 is 0 Å². The van der Waals surface area contributed by atoms with Gasteiger partial charge in [0, 0.05) is 13.5 Å². The summed E-state index contributed by atoms with van der Waals surface area (Å²) in [6.07, 6.45) is 7.06. The molecule has 1 aromatic heterocycles. The summed E-state index contributed by atoms with van der Waals surface area (Å²) in [7, 11) is 1.80. The van der Waals surface area contributed by atoms with E-state index < -0.39 is 0 Å². The molecule has 1 heterocycles. The zero-order chi connectivity index (χ0) is 13.0. The predicted molar refractivity (Wildman–Crippen MR) is 70.9 cm³/mol. The molecule has 3 atom stereocenters. The number of hydrogen-bond donors (Lipinski definition) is 2. The molecule has 1 aromatic rings. The van der Waals surface area contributed by atoms with E-state index in [1.165, 1.54) is 12.8 Å². The van der Waals surface area contributed by atoms with E-state index in [0.29, 0.717) is 5.92 Å². The van der Waals surface area contributed by atoms with Gasteiger partial charge in [0.2, 0.25) is 0 Å². The lowest BCUT2D eigenvalue weighted by molar-refractivity contribution is -0.0799. The van der Waals surface area contributed by atoms with Gasteiger partial charge in [-0.2, -0.15) is 0 Å². The third-order valence-corrected chi connectivity index (χ3v) is 4.22. The Bertz CT molecular complexity index is 353. The average molecular weight is 252 g/mol. The first-order valence-corrected chi connectivity index (χ1v) is 6.74. The molecule has 4 heteroatoms. The molecular formula is C14H24N2O2. The monoisotopic (exact) mass is 252 g/mol. The molecule has 0 spiro atoms. The fraction of sp³-hybridized carbons (Fsp3) is 0.714. The molecule has 0 saturated heterocycles. The number of ether oxygens (including phenoxy) is 1. The van der Waals surface area contributed by atoms with Crippen LogP contribution < -0.4 is 11.3 Å². The molecule has 0 aromatic carbocycles. The van der Waals surface area contributed by atoms with Crippen LogP contribution in [0, 0.1) is 5.92 Å². The third-order valence-electron chi connectivity index (χ3n) is 4.22. The second-order valence-electron chi connectivity index (χ2n) is 5.47. The van der Waals surface area contributed by atoms with Gasteiger partial charge < -0.3 is 9.15 Å². The van der Waals surface area contributed by atoms with Gasteiger partial charge in [-0.25, -0.2) is 0 Å². The lowest BCUT2D eigenvalue weighted by Crippen LogP contribution is -2.57. The molecule has 0 radical (unpaired) electrons. The van der Waals surface area contributed by atoms with E-state index in [-0.39, 0.29) is 11.6 Å². The number of furan rings is 1. The topological polar surface area (TPSA) is 60.4 Å². The average Bonchev–Trinajstić information content (AvgIpc) is 2.88. The highest BCUT2D eigenvalue weighted by Crippen LogP contribution is 2.38. The Hall–Kier alpha value is -0.840. The summed E-state index contributed by atoms with van der Waals surface area (Å²) in [6, 6.07) is 3.99. The minimum Gasteiger partial charge on any atom is -0.469 e. The van der Waals surface area contributed by atoms with Crippen LogP contribution in [0.3, 0.4) is 0 Å². The minimum absolute atomic E-state index is 0.0939. The van der Waals surface area contributed by atoms with Crippen LogP contribution in [0.5, 0.6) is 0 Å². The van der Waals surface area contributed by atoms with Gasteiger partial charge in [-0.05, 0) is 30.9 Å². The summed E-state index contributed by atoms with van der Waals surface area (Å²) in [5.41, 5.74) is 2.77. The van der Waals surface area contributed by atoms with Gasteiger partial charge in [-0.3, -0.25) is 11.3 Å². The van der Waals surface area contributed by atoms with Gasteiger partial charge in [0.05, 0.1) is 17.9 Å². The van der Waals surface area contributed by atoms with Gasteiger partial charge in [-0.1, -0.05) is 19.8 Å². The highest BCUT2D eigenvalue weighted by Gasteiger charge is 2.42. The van der Waals surface area contributed by atoms with E-state index in [1.807, 2.05) is 12.1 Å². The van der Waals surface area contributed by atoms with Gasteiger partial charge in [0.1, 0.15) is 5.76 Å². The molecule has 2 rings (SSSR count). The maximum Gasteiger partial charge on any atom is 0.105 e. The lowest BCUT2D eigenvalue weighted by atomic mass is 9.73. The van der Waals surface area contributed by atoms with Crippen LogP contribution >= 0.6 is 0 Å². The Morgan fingerprint density at radius 3 is 3.06 bits per heavy atom. The van der Waals surface area contributed by atoms with Crippen molar-refractivity contribution in [3.8, 4) is 0 Å². The Kier molecular flexibility index (Phi) is 4.43. The number of nitrogens with one attached hydrogen (secondary N) is 1. The van der Waals surface area contributed by atoms with E-state index in [1.54, 1.807) is 13.4 Å². The molecule has 4 nitrogen and oxygen atoms in total. The van der Waals surface area contributed by atoms with Crippen molar-refractivity contribution in [1.29, 1.82) is 0 Å². The van der Waals surface area contributed by atoms with Crippen molar-refractivity contribution in [3.63, 3.8) is 0 Å². The fourth-order valence-electron chi connectivity index (χ4n) is 3.21. The predicted octanol–water partition coefficient (Wildman–Crippen LogP) is 2.25. The Morgan fingerprint density at radius 2 is 2.50 bits per heavy atom. The standard InChI is InChI=1S/C14H24N2O2/c1-11-5-3-7-14(10-11,17-2)13(16-15)9-12-6-4-8-18-12/h4,6,8,11,13,16H,3,5,7,9-10,15H2,1-2H3. The fourth-order valence-corrected chi connectivity index (χ4v) is 3.21. The molecule has 1 fully saturated rings. The van der Waals surface area contributed by atoms with Crippen LogP contribution in [0.25, 0.3) is 0 Å². The third kappa shape index (κ3) is 2.76. The maximum absolute atomic E-state index is 5.87. The Labute approximate surface area is 109 Å². The Balaban J connectivity index is 2.12. The molecule has 3 N–H and O–H groups in total. The molecule has 1 aliphatic carbocycles. The van der Waals surface area contributed by atoms with Crippen LogP contribution in [0.2, 0.25) is 0 Å². The summed E-state index contributed by atoms with van der Waals surface area (Å²) in [5.74, 6) is 7.39. The van der Waals surface area contributed by atoms with Crippen LogP contribution in [0.1, 0.15) is 38.4 Å². The summed E-state index contributed by atoms with van der Waals surface area (Å²) in [4.78, 5) is 0. The van der Waals surface area contributed by atoms with Gasteiger partial charge in [-0.15, -0.1) is 0 Å². The number of methoxy groups -OCH3 is 1. The molecule has 3 unspecified atom stereocenters. The van der Waals surface area contributed by atoms with Crippen molar-refractivity contribution in [2.75, 3.05) is 7.11 Å². The van der Waals surface area contributed by atoms with E-state index in [2.05, 4.69) is 12.3 Å². The van der Waals surface area contributed by atoms with Gasteiger partial charge in [0.25, 0.3) is 0 Å². The zero-order valence-corrected chi connectivity index (χ0v) is 11.3. The van der Waals surface area contributed by atoms with Crippen LogP contribution in [0.15, 0.2) is 22.8 Å². The molecule has 1 saturated carbocycles. The van der Waals surface area contributed by atoms with Crippen molar-refractivity contribution < 1.29 is 9.15 Å².